The average Bonchev–Trinajstić information content (AvgIpc) is 2.37. The van der Waals surface area contributed by atoms with Crippen molar-refractivity contribution in [2.24, 2.45) is 0 Å². The fourth-order valence-electron chi connectivity index (χ4n) is 1.54. The molecule has 0 atom stereocenters. The molecule has 0 aliphatic rings. The van der Waals surface area contributed by atoms with Gasteiger partial charge < -0.3 is 15.2 Å². The molecule has 0 fully saturated rings. The molecule has 0 spiro atoms. The fourth-order valence-corrected chi connectivity index (χ4v) is 1.54. The van der Waals surface area contributed by atoms with E-state index >= 15 is 0 Å². The third kappa shape index (κ3) is 2.28. The molecule has 2 rings (SSSR count). The highest BCUT2D eigenvalue weighted by molar-refractivity contribution is 5.68. The molecular formula is C12H13N3O2. The van der Waals surface area contributed by atoms with Crippen LogP contribution in [0.3, 0.4) is 0 Å². The number of anilines is 1. The van der Waals surface area contributed by atoms with Crippen molar-refractivity contribution in [3.63, 3.8) is 0 Å². The lowest BCUT2D eigenvalue weighted by Gasteiger charge is -2.08. The van der Waals surface area contributed by atoms with E-state index in [0.717, 1.165) is 11.3 Å². The molecule has 0 unspecified atom stereocenters. The van der Waals surface area contributed by atoms with E-state index in [0.29, 0.717) is 11.6 Å². The SMILES string of the molecule is COc1cc(-c2ccccc2OC)nc(N)n1. The van der Waals surface area contributed by atoms with Gasteiger partial charge in [0.15, 0.2) is 0 Å². The lowest BCUT2D eigenvalue weighted by atomic mass is 10.1. The van der Waals surface area contributed by atoms with Crippen molar-refractivity contribution in [1.82, 2.24) is 9.97 Å². The Kier molecular flexibility index (Phi) is 3.09. The zero-order valence-corrected chi connectivity index (χ0v) is 9.68. The van der Waals surface area contributed by atoms with Crippen LogP contribution >= 0.6 is 0 Å². The van der Waals surface area contributed by atoms with Crippen LogP contribution in [0.1, 0.15) is 0 Å². The van der Waals surface area contributed by atoms with Gasteiger partial charge >= 0.3 is 0 Å². The summed E-state index contributed by atoms with van der Waals surface area (Å²) in [6, 6.07) is 9.28. The first-order chi connectivity index (χ1) is 8.24. The number of nitrogens with zero attached hydrogens (tertiary/aromatic N) is 2. The summed E-state index contributed by atoms with van der Waals surface area (Å²) in [5.74, 6) is 1.33. The van der Waals surface area contributed by atoms with E-state index in [9.17, 15) is 0 Å². The van der Waals surface area contributed by atoms with E-state index in [1.165, 1.54) is 7.11 Å². The highest BCUT2D eigenvalue weighted by Gasteiger charge is 2.09. The Bertz CT molecular complexity index is 529. The number of hydrogen-bond donors (Lipinski definition) is 1. The number of methoxy groups -OCH3 is 2. The molecule has 5 nitrogen and oxygen atoms in total. The second kappa shape index (κ2) is 4.69. The number of nitrogens with two attached hydrogens (primary N) is 1. The lowest BCUT2D eigenvalue weighted by molar-refractivity contribution is 0.397. The van der Waals surface area contributed by atoms with Crippen LogP contribution in [0.4, 0.5) is 5.95 Å². The Balaban J connectivity index is 2.55. The molecule has 2 N–H and O–H groups in total. The molecule has 2 aromatic rings. The van der Waals surface area contributed by atoms with E-state index in [1.54, 1.807) is 13.2 Å². The van der Waals surface area contributed by atoms with Gasteiger partial charge in [-0.25, -0.2) is 4.98 Å². The van der Waals surface area contributed by atoms with E-state index in [1.807, 2.05) is 24.3 Å². The summed E-state index contributed by atoms with van der Waals surface area (Å²) in [6.07, 6.45) is 0. The van der Waals surface area contributed by atoms with E-state index in [4.69, 9.17) is 15.2 Å². The van der Waals surface area contributed by atoms with Crippen LogP contribution in [0, 0.1) is 0 Å². The third-order valence-corrected chi connectivity index (χ3v) is 2.31. The molecular weight excluding hydrogens is 218 g/mol. The highest BCUT2D eigenvalue weighted by Crippen LogP contribution is 2.29. The lowest BCUT2D eigenvalue weighted by Crippen LogP contribution is -1.99. The van der Waals surface area contributed by atoms with E-state index in [2.05, 4.69) is 9.97 Å². The number of ether oxygens (including phenoxy) is 2. The highest BCUT2D eigenvalue weighted by atomic mass is 16.5. The number of benzene rings is 1. The predicted molar refractivity (Wildman–Crippen MR) is 65.0 cm³/mol. The summed E-state index contributed by atoms with van der Waals surface area (Å²) in [6.45, 7) is 0. The van der Waals surface area contributed by atoms with Crippen molar-refractivity contribution in [1.29, 1.82) is 0 Å². The zero-order valence-electron chi connectivity index (χ0n) is 9.68. The zero-order chi connectivity index (χ0) is 12.3. The van der Waals surface area contributed by atoms with Gasteiger partial charge in [0.25, 0.3) is 0 Å². The van der Waals surface area contributed by atoms with Gasteiger partial charge in [-0.2, -0.15) is 4.98 Å². The van der Waals surface area contributed by atoms with E-state index in [-0.39, 0.29) is 5.95 Å². The first-order valence-electron chi connectivity index (χ1n) is 5.06. The molecule has 1 aromatic carbocycles. The van der Waals surface area contributed by atoms with Crippen LogP contribution in [0.25, 0.3) is 11.3 Å². The van der Waals surface area contributed by atoms with Gasteiger partial charge in [0.1, 0.15) is 5.75 Å². The average molecular weight is 231 g/mol. The smallest absolute Gasteiger partial charge is 0.223 e. The van der Waals surface area contributed by atoms with Gasteiger partial charge in [-0.15, -0.1) is 0 Å². The summed E-state index contributed by atoms with van der Waals surface area (Å²) < 4.78 is 10.3. The van der Waals surface area contributed by atoms with Crippen LogP contribution in [0.15, 0.2) is 30.3 Å². The Morgan fingerprint density at radius 3 is 2.53 bits per heavy atom. The normalized spacial score (nSPS) is 10.0. The molecule has 0 saturated heterocycles. The molecule has 1 aromatic heterocycles. The molecule has 0 amide bonds. The second-order valence-electron chi connectivity index (χ2n) is 3.35. The summed E-state index contributed by atoms with van der Waals surface area (Å²) in [4.78, 5) is 8.10. The van der Waals surface area contributed by atoms with Crippen molar-refractivity contribution in [2.45, 2.75) is 0 Å². The van der Waals surface area contributed by atoms with Gasteiger partial charge in [-0.3, -0.25) is 0 Å². The first-order valence-corrected chi connectivity index (χ1v) is 5.06. The molecule has 0 bridgehead atoms. The van der Waals surface area contributed by atoms with Crippen molar-refractivity contribution in [3.8, 4) is 22.9 Å². The number of rotatable bonds is 3. The minimum absolute atomic E-state index is 0.172. The van der Waals surface area contributed by atoms with Crippen molar-refractivity contribution >= 4 is 5.95 Å². The van der Waals surface area contributed by atoms with Crippen molar-refractivity contribution in [2.75, 3.05) is 20.0 Å². The maximum atomic E-state index is 5.62. The van der Waals surface area contributed by atoms with Gasteiger partial charge in [0, 0.05) is 11.6 Å². The van der Waals surface area contributed by atoms with Crippen molar-refractivity contribution < 1.29 is 9.47 Å². The Morgan fingerprint density at radius 2 is 1.82 bits per heavy atom. The monoisotopic (exact) mass is 231 g/mol. The van der Waals surface area contributed by atoms with Crippen molar-refractivity contribution in [3.05, 3.63) is 30.3 Å². The molecule has 0 radical (unpaired) electrons. The van der Waals surface area contributed by atoms with Gasteiger partial charge in [0.05, 0.1) is 19.9 Å². The van der Waals surface area contributed by atoms with Crippen LogP contribution in [0.2, 0.25) is 0 Å². The Hall–Kier alpha value is -2.30. The minimum Gasteiger partial charge on any atom is -0.496 e. The summed E-state index contributed by atoms with van der Waals surface area (Å²) >= 11 is 0. The first kappa shape index (κ1) is 11.2. The molecule has 1 heterocycles. The summed E-state index contributed by atoms with van der Waals surface area (Å²) in [5.41, 5.74) is 7.14. The fraction of sp³-hybridized carbons (Fsp3) is 0.167. The molecule has 0 aliphatic carbocycles. The Labute approximate surface area is 99.2 Å². The maximum Gasteiger partial charge on any atom is 0.223 e. The quantitative estimate of drug-likeness (QED) is 0.871. The summed E-state index contributed by atoms with van der Waals surface area (Å²) in [7, 11) is 3.15. The topological polar surface area (TPSA) is 70.3 Å². The van der Waals surface area contributed by atoms with Crippen LogP contribution < -0.4 is 15.2 Å². The number of aromatic nitrogens is 2. The summed E-state index contributed by atoms with van der Waals surface area (Å²) in [5, 5.41) is 0. The minimum atomic E-state index is 0.172. The standard InChI is InChI=1S/C12H13N3O2/c1-16-10-6-4-3-5-8(10)9-7-11(17-2)15-12(13)14-9/h3-7H,1-2H3,(H2,13,14,15). The third-order valence-electron chi connectivity index (χ3n) is 2.31. The molecule has 17 heavy (non-hydrogen) atoms. The van der Waals surface area contributed by atoms with Crippen LogP contribution in [-0.4, -0.2) is 24.2 Å². The predicted octanol–water partition coefficient (Wildman–Crippen LogP) is 1.74. The van der Waals surface area contributed by atoms with Gasteiger partial charge in [0.2, 0.25) is 11.8 Å². The number of nitrogen functional groups attached to an aromatic ring is 1. The largest absolute Gasteiger partial charge is 0.496 e. The van der Waals surface area contributed by atoms with Crippen LogP contribution in [0.5, 0.6) is 11.6 Å². The molecule has 5 heteroatoms. The molecule has 0 saturated carbocycles. The second-order valence-corrected chi connectivity index (χ2v) is 3.35. The number of hydrogen-bond acceptors (Lipinski definition) is 5. The Morgan fingerprint density at radius 1 is 1.06 bits per heavy atom. The molecule has 88 valence electrons. The van der Waals surface area contributed by atoms with Gasteiger partial charge in [-0.05, 0) is 12.1 Å². The molecule has 0 aliphatic heterocycles. The maximum absolute atomic E-state index is 5.62. The van der Waals surface area contributed by atoms with Crippen LogP contribution in [-0.2, 0) is 0 Å². The van der Waals surface area contributed by atoms with Gasteiger partial charge in [-0.1, -0.05) is 12.1 Å². The number of para-hydroxylation sites is 1. The van der Waals surface area contributed by atoms with E-state index < -0.39 is 0 Å².